The monoisotopic (exact) mass is 202 g/mol. The summed E-state index contributed by atoms with van der Waals surface area (Å²) in [5, 5.41) is 9.54. The van der Waals surface area contributed by atoms with Gasteiger partial charge in [-0.05, 0) is 13.0 Å². The largest absolute Gasteiger partial charge is 0.496 e. The fraction of sp³-hybridized carbons (Fsp3) is 0.400. The van der Waals surface area contributed by atoms with Crippen LogP contribution in [0.25, 0.3) is 0 Å². The highest BCUT2D eigenvalue weighted by Gasteiger charge is 2.36. The Hall–Kier alpha value is -1.16. The standard InChI is InChI=1S/C10H12F2O2/c1-10(13,9(11)12)7-5-3-4-6-8(7)14-2/h3-6,9,13H,1-2H3. The number of para-hydroxylation sites is 1. The molecule has 78 valence electrons. The van der Waals surface area contributed by atoms with Crippen molar-refractivity contribution in [3.63, 3.8) is 0 Å². The van der Waals surface area contributed by atoms with Crippen LogP contribution < -0.4 is 4.74 Å². The summed E-state index contributed by atoms with van der Waals surface area (Å²) in [5.74, 6) is 0.262. The number of hydrogen-bond acceptors (Lipinski definition) is 2. The van der Waals surface area contributed by atoms with Crippen LogP contribution in [-0.4, -0.2) is 18.6 Å². The van der Waals surface area contributed by atoms with Gasteiger partial charge in [-0.1, -0.05) is 18.2 Å². The van der Waals surface area contributed by atoms with Gasteiger partial charge in [0.2, 0.25) is 0 Å². The highest BCUT2D eigenvalue weighted by atomic mass is 19.3. The molecule has 1 atom stereocenters. The lowest BCUT2D eigenvalue weighted by Gasteiger charge is -2.24. The quantitative estimate of drug-likeness (QED) is 0.813. The van der Waals surface area contributed by atoms with Gasteiger partial charge in [0.25, 0.3) is 6.43 Å². The van der Waals surface area contributed by atoms with E-state index in [1.54, 1.807) is 12.1 Å². The van der Waals surface area contributed by atoms with E-state index < -0.39 is 12.0 Å². The third-order valence-electron chi connectivity index (χ3n) is 2.08. The minimum Gasteiger partial charge on any atom is -0.496 e. The van der Waals surface area contributed by atoms with Crippen LogP contribution in [-0.2, 0) is 5.60 Å². The molecule has 1 N–H and O–H groups in total. The Balaban J connectivity index is 3.17. The fourth-order valence-electron chi connectivity index (χ4n) is 1.18. The molecule has 0 aliphatic rings. The van der Waals surface area contributed by atoms with Gasteiger partial charge in [0.1, 0.15) is 5.75 Å². The summed E-state index contributed by atoms with van der Waals surface area (Å²) >= 11 is 0. The first-order valence-corrected chi connectivity index (χ1v) is 4.14. The van der Waals surface area contributed by atoms with E-state index in [9.17, 15) is 13.9 Å². The minimum atomic E-state index is -2.85. The van der Waals surface area contributed by atoms with E-state index in [0.29, 0.717) is 0 Å². The predicted molar refractivity (Wildman–Crippen MR) is 48.6 cm³/mol. The molecule has 0 fully saturated rings. The molecule has 0 spiro atoms. The normalized spacial score (nSPS) is 15.3. The topological polar surface area (TPSA) is 29.5 Å². The molecule has 14 heavy (non-hydrogen) atoms. The average molecular weight is 202 g/mol. The molecule has 1 rings (SSSR count). The van der Waals surface area contributed by atoms with Gasteiger partial charge in [-0.2, -0.15) is 0 Å². The van der Waals surface area contributed by atoms with Crippen molar-refractivity contribution in [1.82, 2.24) is 0 Å². The van der Waals surface area contributed by atoms with Gasteiger partial charge in [-0.25, -0.2) is 8.78 Å². The van der Waals surface area contributed by atoms with Gasteiger partial charge < -0.3 is 9.84 Å². The van der Waals surface area contributed by atoms with Gasteiger partial charge in [0, 0.05) is 5.56 Å². The number of methoxy groups -OCH3 is 1. The molecule has 0 aromatic heterocycles. The van der Waals surface area contributed by atoms with Crippen LogP contribution in [0.4, 0.5) is 8.78 Å². The fourth-order valence-corrected chi connectivity index (χ4v) is 1.18. The summed E-state index contributed by atoms with van der Waals surface area (Å²) in [4.78, 5) is 0. The van der Waals surface area contributed by atoms with Gasteiger partial charge in [-0.15, -0.1) is 0 Å². The summed E-state index contributed by atoms with van der Waals surface area (Å²) in [5.41, 5.74) is -2.08. The maximum absolute atomic E-state index is 12.5. The number of hydrogen-bond donors (Lipinski definition) is 1. The second-order valence-corrected chi connectivity index (χ2v) is 3.15. The summed E-state index contributed by atoms with van der Waals surface area (Å²) in [6.07, 6.45) is -2.85. The predicted octanol–water partition coefficient (Wildman–Crippen LogP) is 2.17. The number of ether oxygens (including phenoxy) is 1. The average Bonchev–Trinajstić information content (AvgIpc) is 2.17. The molecule has 0 bridgehead atoms. The van der Waals surface area contributed by atoms with Crippen molar-refractivity contribution in [3.8, 4) is 5.75 Å². The molecule has 0 saturated carbocycles. The van der Waals surface area contributed by atoms with Crippen LogP contribution in [0.2, 0.25) is 0 Å². The molecule has 1 aromatic carbocycles. The van der Waals surface area contributed by atoms with E-state index in [2.05, 4.69) is 0 Å². The van der Waals surface area contributed by atoms with E-state index in [0.717, 1.165) is 6.92 Å². The van der Waals surface area contributed by atoms with E-state index in [1.165, 1.54) is 19.2 Å². The van der Waals surface area contributed by atoms with E-state index >= 15 is 0 Å². The van der Waals surface area contributed by atoms with Crippen molar-refractivity contribution in [2.75, 3.05) is 7.11 Å². The van der Waals surface area contributed by atoms with E-state index in [4.69, 9.17) is 4.74 Å². The zero-order chi connectivity index (χ0) is 10.8. The van der Waals surface area contributed by atoms with Crippen molar-refractivity contribution in [2.24, 2.45) is 0 Å². The lowest BCUT2D eigenvalue weighted by molar-refractivity contribution is -0.0893. The van der Waals surface area contributed by atoms with Crippen LogP contribution in [0.15, 0.2) is 24.3 Å². The minimum absolute atomic E-state index is 0.0949. The zero-order valence-electron chi connectivity index (χ0n) is 8.00. The van der Waals surface area contributed by atoms with Gasteiger partial charge in [-0.3, -0.25) is 0 Å². The molecule has 0 aliphatic heterocycles. The molecule has 0 saturated heterocycles. The lowest BCUT2D eigenvalue weighted by atomic mass is 9.96. The first-order chi connectivity index (χ1) is 6.50. The maximum atomic E-state index is 12.5. The highest BCUT2D eigenvalue weighted by Crippen LogP contribution is 2.33. The molecule has 1 aromatic rings. The molecule has 4 heteroatoms. The second kappa shape index (κ2) is 3.92. The summed E-state index contributed by atoms with van der Waals surface area (Å²) in [7, 11) is 1.38. The SMILES string of the molecule is COc1ccccc1C(C)(O)C(F)F. The number of aliphatic hydroxyl groups is 1. The lowest BCUT2D eigenvalue weighted by Crippen LogP contribution is -2.30. The van der Waals surface area contributed by atoms with Gasteiger partial charge in [0.05, 0.1) is 7.11 Å². The molecule has 2 nitrogen and oxygen atoms in total. The van der Waals surface area contributed by atoms with Crippen LogP contribution in [0.1, 0.15) is 12.5 Å². The Morgan fingerprint density at radius 2 is 1.93 bits per heavy atom. The van der Waals surface area contributed by atoms with Crippen LogP contribution in [0, 0.1) is 0 Å². The van der Waals surface area contributed by atoms with Crippen molar-refractivity contribution in [1.29, 1.82) is 0 Å². The molecule has 0 heterocycles. The van der Waals surface area contributed by atoms with Crippen LogP contribution in [0.3, 0.4) is 0 Å². The molecular weight excluding hydrogens is 190 g/mol. The number of rotatable bonds is 3. The smallest absolute Gasteiger partial charge is 0.270 e. The van der Waals surface area contributed by atoms with Crippen molar-refractivity contribution < 1.29 is 18.6 Å². The van der Waals surface area contributed by atoms with Crippen LogP contribution in [0.5, 0.6) is 5.75 Å². The summed E-state index contributed by atoms with van der Waals surface area (Å²) in [6.45, 7) is 1.06. The summed E-state index contributed by atoms with van der Waals surface area (Å²) < 4.78 is 29.9. The Morgan fingerprint density at radius 3 is 2.43 bits per heavy atom. The molecule has 0 aliphatic carbocycles. The van der Waals surface area contributed by atoms with Crippen LogP contribution >= 0.6 is 0 Å². The van der Waals surface area contributed by atoms with Crippen molar-refractivity contribution in [3.05, 3.63) is 29.8 Å². The van der Waals surface area contributed by atoms with E-state index in [-0.39, 0.29) is 11.3 Å². The highest BCUT2D eigenvalue weighted by molar-refractivity contribution is 5.37. The van der Waals surface area contributed by atoms with Crippen molar-refractivity contribution in [2.45, 2.75) is 19.0 Å². The molecular formula is C10H12F2O2. The molecule has 0 radical (unpaired) electrons. The van der Waals surface area contributed by atoms with Crippen molar-refractivity contribution >= 4 is 0 Å². The Morgan fingerprint density at radius 1 is 1.36 bits per heavy atom. The Labute approximate surface area is 81.1 Å². The second-order valence-electron chi connectivity index (χ2n) is 3.15. The summed E-state index contributed by atoms with van der Waals surface area (Å²) in [6, 6.07) is 6.19. The first-order valence-electron chi connectivity index (χ1n) is 4.14. The zero-order valence-corrected chi connectivity index (χ0v) is 8.00. The number of alkyl halides is 2. The number of benzene rings is 1. The Kier molecular flexibility index (Phi) is 3.06. The number of halogens is 2. The molecule has 0 amide bonds. The third-order valence-corrected chi connectivity index (χ3v) is 2.08. The van der Waals surface area contributed by atoms with Gasteiger partial charge in [0.15, 0.2) is 5.60 Å². The maximum Gasteiger partial charge on any atom is 0.270 e. The first kappa shape index (κ1) is 10.9. The Bertz CT molecular complexity index is 311. The van der Waals surface area contributed by atoms with E-state index in [1.807, 2.05) is 0 Å². The van der Waals surface area contributed by atoms with Gasteiger partial charge >= 0.3 is 0 Å². The third kappa shape index (κ3) is 1.85. The molecule has 1 unspecified atom stereocenters.